The number of carbonyl (C=O) groups excluding carboxylic acids is 1. The molecule has 166 valence electrons. The van der Waals surface area contributed by atoms with Crippen LogP contribution in [0.4, 0.5) is 0 Å². The van der Waals surface area contributed by atoms with Gasteiger partial charge < -0.3 is 15.2 Å². The van der Waals surface area contributed by atoms with Crippen LogP contribution in [-0.4, -0.2) is 36.9 Å². The fourth-order valence-electron chi connectivity index (χ4n) is 4.10. The van der Waals surface area contributed by atoms with Crippen LogP contribution in [0.3, 0.4) is 0 Å². The Labute approximate surface area is 174 Å². The first-order valence-electron chi connectivity index (χ1n) is 12.3. The molecule has 0 amide bonds. The molecule has 1 aliphatic rings. The van der Waals surface area contributed by atoms with E-state index in [1.165, 1.54) is 64.2 Å². The van der Waals surface area contributed by atoms with Gasteiger partial charge in [-0.25, -0.2) is 0 Å². The van der Waals surface area contributed by atoms with Crippen molar-refractivity contribution < 1.29 is 14.6 Å². The average molecular weight is 398 g/mol. The maximum atomic E-state index is 12.5. The second-order valence-corrected chi connectivity index (χ2v) is 8.63. The summed E-state index contributed by atoms with van der Waals surface area (Å²) in [5.41, 5.74) is 0. The van der Waals surface area contributed by atoms with E-state index in [0.717, 1.165) is 58.0 Å². The summed E-state index contributed by atoms with van der Waals surface area (Å²) in [7, 11) is 0. The predicted octanol–water partition coefficient (Wildman–Crippen LogP) is 5.76. The van der Waals surface area contributed by atoms with Gasteiger partial charge in [-0.05, 0) is 58.0 Å². The van der Waals surface area contributed by atoms with Gasteiger partial charge in [0.25, 0.3) is 0 Å². The lowest BCUT2D eigenvalue weighted by molar-refractivity contribution is -0.155. The molecule has 1 aliphatic heterocycles. The minimum absolute atomic E-state index is 0.0531. The highest BCUT2D eigenvalue weighted by atomic mass is 16.5. The summed E-state index contributed by atoms with van der Waals surface area (Å²) in [6.45, 7) is 4.45. The molecule has 4 heteroatoms. The zero-order valence-corrected chi connectivity index (χ0v) is 18.6. The average Bonchev–Trinajstić information content (AvgIpc) is 2.72. The lowest BCUT2D eigenvalue weighted by atomic mass is 9.97. The molecule has 28 heavy (non-hydrogen) atoms. The first kappa shape index (κ1) is 25.4. The molecule has 1 heterocycles. The first-order valence-corrected chi connectivity index (χ1v) is 12.3. The Morgan fingerprint density at radius 2 is 1.36 bits per heavy atom. The monoisotopic (exact) mass is 397 g/mol. The minimum Gasteiger partial charge on any atom is -0.462 e. The number of aliphatic hydroxyl groups is 1. The number of carbonyl (C=O) groups is 1. The standard InChI is InChI=1S/C24H47NO3/c1-2-3-4-5-6-9-12-15-23(16-13-10-7-8-11-14-21-26)28-24(27)22-17-19-25-20-18-22/h22-23,25-26H,2-21H2,1H3. The van der Waals surface area contributed by atoms with Crippen LogP contribution in [0.5, 0.6) is 0 Å². The lowest BCUT2D eigenvalue weighted by Gasteiger charge is -2.25. The van der Waals surface area contributed by atoms with Gasteiger partial charge in [0.2, 0.25) is 0 Å². The minimum atomic E-state index is 0.0531. The summed E-state index contributed by atoms with van der Waals surface area (Å²) in [6, 6.07) is 0. The second kappa shape index (κ2) is 18.4. The molecular weight excluding hydrogens is 350 g/mol. The number of esters is 1. The quantitative estimate of drug-likeness (QED) is 0.228. The van der Waals surface area contributed by atoms with Crippen molar-refractivity contribution in [1.29, 1.82) is 0 Å². The molecule has 4 nitrogen and oxygen atoms in total. The predicted molar refractivity (Wildman–Crippen MR) is 117 cm³/mol. The molecule has 1 atom stereocenters. The number of unbranched alkanes of at least 4 members (excludes halogenated alkanes) is 11. The van der Waals surface area contributed by atoms with E-state index in [-0.39, 0.29) is 18.0 Å². The van der Waals surface area contributed by atoms with Gasteiger partial charge in [0.05, 0.1) is 5.92 Å². The molecule has 0 aromatic carbocycles. The summed E-state index contributed by atoms with van der Waals surface area (Å²) in [5, 5.41) is 12.2. The van der Waals surface area contributed by atoms with E-state index in [1.807, 2.05) is 0 Å². The Kier molecular flexibility index (Phi) is 16.7. The van der Waals surface area contributed by atoms with E-state index in [2.05, 4.69) is 12.2 Å². The van der Waals surface area contributed by atoms with Crippen LogP contribution in [0, 0.1) is 5.92 Å². The van der Waals surface area contributed by atoms with Gasteiger partial charge in [-0.1, -0.05) is 71.1 Å². The van der Waals surface area contributed by atoms with E-state index in [1.54, 1.807) is 0 Å². The number of nitrogens with one attached hydrogen (secondary N) is 1. The molecule has 0 spiro atoms. The molecule has 1 rings (SSSR count). The molecule has 0 aromatic rings. The van der Waals surface area contributed by atoms with Crippen LogP contribution in [0.1, 0.15) is 116 Å². The normalized spacial score (nSPS) is 16.2. The summed E-state index contributed by atoms with van der Waals surface area (Å²) < 4.78 is 5.98. The number of rotatable bonds is 18. The summed E-state index contributed by atoms with van der Waals surface area (Å²) in [5.74, 6) is 0.161. The van der Waals surface area contributed by atoms with Crippen LogP contribution in [0.15, 0.2) is 0 Å². The van der Waals surface area contributed by atoms with Crippen molar-refractivity contribution in [2.75, 3.05) is 19.7 Å². The van der Waals surface area contributed by atoms with Gasteiger partial charge in [-0.3, -0.25) is 4.79 Å². The Morgan fingerprint density at radius 3 is 1.89 bits per heavy atom. The van der Waals surface area contributed by atoms with Crippen LogP contribution < -0.4 is 5.32 Å². The molecular formula is C24H47NO3. The topological polar surface area (TPSA) is 58.6 Å². The van der Waals surface area contributed by atoms with E-state index >= 15 is 0 Å². The van der Waals surface area contributed by atoms with Gasteiger partial charge >= 0.3 is 5.97 Å². The highest BCUT2D eigenvalue weighted by Gasteiger charge is 2.24. The zero-order chi connectivity index (χ0) is 20.3. The Balaban J connectivity index is 2.24. The Morgan fingerprint density at radius 1 is 0.857 bits per heavy atom. The van der Waals surface area contributed by atoms with Crippen molar-refractivity contribution >= 4 is 5.97 Å². The summed E-state index contributed by atoms with van der Waals surface area (Å²) in [6.07, 6.45) is 20.0. The van der Waals surface area contributed by atoms with Crippen LogP contribution in [-0.2, 0) is 9.53 Å². The van der Waals surface area contributed by atoms with E-state index in [0.29, 0.717) is 6.61 Å². The molecule has 0 saturated carbocycles. The number of piperidine rings is 1. The number of hydrogen-bond acceptors (Lipinski definition) is 4. The van der Waals surface area contributed by atoms with Gasteiger partial charge in [-0.2, -0.15) is 0 Å². The molecule has 1 unspecified atom stereocenters. The molecule has 0 aromatic heterocycles. The summed E-state index contributed by atoms with van der Waals surface area (Å²) >= 11 is 0. The third-order valence-corrected chi connectivity index (χ3v) is 6.02. The fraction of sp³-hybridized carbons (Fsp3) is 0.958. The maximum Gasteiger partial charge on any atom is 0.309 e. The van der Waals surface area contributed by atoms with Crippen LogP contribution in [0.2, 0.25) is 0 Å². The highest BCUT2D eigenvalue weighted by Crippen LogP contribution is 2.20. The number of aliphatic hydroxyl groups excluding tert-OH is 1. The zero-order valence-electron chi connectivity index (χ0n) is 18.6. The second-order valence-electron chi connectivity index (χ2n) is 8.63. The van der Waals surface area contributed by atoms with Crippen molar-refractivity contribution in [2.24, 2.45) is 5.92 Å². The smallest absolute Gasteiger partial charge is 0.309 e. The maximum absolute atomic E-state index is 12.5. The number of hydrogen-bond donors (Lipinski definition) is 2. The largest absolute Gasteiger partial charge is 0.462 e. The Hall–Kier alpha value is -0.610. The van der Waals surface area contributed by atoms with Crippen molar-refractivity contribution in [3.63, 3.8) is 0 Å². The van der Waals surface area contributed by atoms with Crippen molar-refractivity contribution in [2.45, 2.75) is 122 Å². The van der Waals surface area contributed by atoms with Gasteiger partial charge in [0, 0.05) is 6.61 Å². The van der Waals surface area contributed by atoms with Gasteiger partial charge in [-0.15, -0.1) is 0 Å². The molecule has 1 saturated heterocycles. The third-order valence-electron chi connectivity index (χ3n) is 6.02. The number of ether oxygens (including phenoxy) is 1. The van der Waals surface area contributed by atoms with Gasteiger partial charge in [0.15, 0.2) is 0 Å². The molecule has 0 radical (unpaired) electrons. The van der Waals surface area contributed by atoms with Gasteiger partial charge in [0.1, 0.15) is 6.10 Å². The summed E-state index contributed by atoms with van der Waals surface area (Å²) in [4.78, 5) is 12.5. The third kappa shape index (κ3) is 13.5. The highest BCUT2D eigenvalue weighted by molar-refractivity contribution is 5.72. The molecule has 2 N–H and O–H groups in total. The van der Waals surface area contributed by atoms with Crippen molar-refractivity contribution in [3.8, 4) is 0 Å². The molecule has 1 fully saturated rings. The van der Waals surface area contributed by atoms with E-state index in [4.69, 9.17) is 9.84 Å². The van der Waals surface area contributed by atoms with Crippen molar-refractivity contribution in [1.82, 2.24) is 5.32 Å². The van der Waals surface area contributed by atoms with E-state index < -0.39 is 0 Å². The van der Waals surface area contributed by atoms with Crippen molar-refractivity contribution in [3.05, 3.63) is 0 Å². The fourth-order valence-corrected chi connectivity index (χ4v) is 4.10. The molecule has 0 aliphatic carbocycles. The van der Waals surface area contributed by atoms with E-state index in [9.17, 15) is 4.79 Å². The first-order chi connectivity index (χ1) is 13.8. The van der Waals surface area contributed by atoms with Crippen LogP contribution >= 0.6 is 0 Å². The van der Waals surface area contributed by atoms with Crippen LogP contribution in [0.25, 0.3) is 0 Å². The Bertz CT molecular complexity index is 338. The lowest BCUT2D eigenvalue weighted by Crippen LogP contribution is -2.34. The molecule has 0 bridgehead atoms. The SMILES string of the molecule is CCCCCCCCCC(CCCCCCCCO)OC(=O)C1CCNCC1.